The summed E-state index contributed by atoms with van der Waals surface area (Å²) in [4.78, 5) is 31.8. The van der Waals surface area contributed by atoms with E-state index in [4.69, 9.17) is 28.2 Å². The molecule has 10 heteroatoms. The standard InChI is InChI=1S/C35H28Cl2N6O2/c36-31-23(15-30-33-24(7-10-38-30)14-22(20-44)17-40-33)3-1-4-27(31)28-5-2-6-29(32(28)37)42-35-34-25(8-11-39-35)13-21(16-41-34)18-43-12-9-26(45)19-43/h1-8,10-11,13-14,16-17,20,26,45H,9,12,15,18-19H2,(H,39,42)/t26-/m1/s1. The fourth-order valence-electron chi connectivity index (χ4n) is 5.90. The van der Waals surface area contributed by atoms with Crippen molar-refractivity contribution in [1.82, 2.24) is 24.8 Å². The molecule has 0 spiro atoms. The third kappa shape index (κ3) is 5.98. The first-order chi connectivity index (χ1) is 22.0. The van der Waals surface area contributed by atoms with Crippen LogP contribution in [0.15, 0.2) is 85.5 Å². The molecule has 0 aliphatic carbocycles. The van der Waals surface area contributed by atoms with E-state index in [1.807, 2.05) is 54.7 Å². The molecule has 45 heavy (non-hydrogen) atoms. The molecule has 2 aromatic carbocycles. The van der Waals surface area contributed by atoms with Crippen LogP contribution >= 0.6 is 23.2 Å². The largest absolute Gasteiger partial charge is 0.392 e. The Kier molecular flexibility index (Phi) is 8.12. The molecule has 0 saturated carbocycles. The highest BCUT2D eigenvalue weighted by Crippen LogP contribution is 2.40. The predicted octanol–water partition coefficient (Wildman–Crippen LogP) is 7.26. The number of aliphatic hydroxyl groups is 1. The molecule has 0 bridgehead atoms. The second kappa shape index (κ2) is 12.5. The summed E-state index contributed by atoms with van der Waals surface area (Å²) >= 11 is 14.0. The van der Waals surface area contributed by atoms with Gasteiger partial charge in [-0.3, -0.25) is 24.6 Å². The lowest BCUT2D eigenvalue weighted by atomic mass is 9.99. The van der Waals surface area contributed by atoms with Crippen LogP contribution < -0.4 is 5.32 Å². The van der Waals surface area contributed by atoms with E-state index in [1.165, 1.54) is 0 Å². The fourth-order valence-corrected chi connectivity index (χ4v) is 6.47. The maximum absolute atomic E-state index is 11.2. The Labute approximate surface area is 269 Å². The molecular weight excluding hydrogens is 607 g/mol. The van der Waals surface area contributed by atoms with Gasteiger partial charge in [0.2, 0.25) is 0 Å². The summed E-state index contributed by atoms with van der Waals surface area (Å²) in [5, 5.41) is 16.2. The SMILES string of the molecule is O=Cc1cnc2c(Cc3cccc(-c4cccc(Nc5nccc6cc(CN7CC[C@@H](O)C7)cnc56)c4Cl)c3Cl)nccc2c1. The molecule has 1 aliphatic heterocycles. The van der Waals surface area contributed by atoms with Crippen LogP contribution in [0.1, 0.15) is 33.6 Å². The quantitative estimate of drug-likeness (QED) is 0.169. The van der Waals surface area contributed by atoms with Crippen LogP contribution in [0.2, 0.25) is 10.0 Å². The molecule has 1 aliphatic rings. The number of carbonyl (C=O) groups is 1. The Morgan fingerprint density at radius 1 is 0.889 bits per heavy atom. The smallest absolute Gasteiger partial charge is 0.156 e. The van der Waals surface area contributed by atoms with Gasteiger partial charge < -0.3 is 10.4 Å². The van der Waals surface area contributed by atoms with E-state index in [0.29, 0.717) is 40.1 Å². The third-order valence-corrected chi connectivity index (χ3v) is 8.97. The lowest BCUT2D eigenvalue weighted by Gasteiger charge is -2.16. The van der Waals surface area contributed by atoms with Crippen LogP contribution in [-0.4, -0.2) is 55.4 Å². The van der Waals surface area contributed by atoms with Crippen molar-refractivity contribution in [3.63, 3.8) is 0 Å². The van der Waals surface area contributed by atoms with Crippen molar-refractivity contribution >= 4 is 62.8 Å². The van der Waals surface area contributed by atoms with Gasteiger partial charge >= 0.3 is 0 Å². The van der Waals surface area contributed by atoms with Gasteiger partial charge in [0, 0.05) is 78.3 Å². The van der Waals surface area contributed by atoms with Crippen molar-refractivity contribution in [2.75, 3.05) is 18.4 Å². The number of halogens is 2. The summed E-state index contributed by atoms with van der Waals surface area (Å²) in [6, 6.07) is 19.3. The Balaban J connectivity index is 1.17. The first-order valence-corrected chi connectivity index (χ1v) is 15.4. The van der Waals surface area contributed by atoms with Gasteiger partial charge in [-0.15, -0.1) is 0 Å². The minimum Gasteiger partial charge on any atom is -0.392 e. The van der Waals surface area contributed by atoms with Gasteiger partial charge in [-0.25, -0.2) is 4.98 Å². The lowest BCUT2D eigenvalue weighted by molar-refractivity contribution is 0.112. The van der Waals surface area contributed by atoms with E-state index in [9.17, 15) is 9.90 Å². The summed E-state index contributed by atoms with van der Waals surface area (Å²) in [5.41, 5.74) is 6.96. The number of aldehydes is 1. The van der Waals surface area contributed by atoms with Crippen molar-refractivity contribution in [3.05, 3.63) is 118 Å². The first kappa shape index (κ1) is 29.3. The van der Waals surface area contributed by atoms with E-state index in [1.54, 1.807) is 24.7 Å². The van der Waals surface area contributed by atoms with Gasteiger partial charge in [0.1, 0.15) is 5.52 Å². The average Bonchev–Trinajstić information content (AvgIpc) is 3.47. The zero-order valence-corrected chi connectivity index (χ0v) is 25.6. The number of aliphatic hydroxyl groups excluding tert-OH is 1. The van der Waals surface area contributed by atoms with Crippen molar-refractivity contribution in [2.24, 2.45) is 0 Å². The summed E-state index contributed by atoms with van der Waals surface area (Å²) in [5.74, 6) is 0.599. The number of β-amino-alcohol motifs (C(OH)–C–C–N with tert-alkyl or cyclic N) is 1. The topological polar surface area (TPSA) is 104 Å². The minimum atomic E-state index is -0.256. The molecule has 8 nitrogen and oxygen atoms in total. The molecule has 1 fully saturated rings. The first-order valence-electron chi connectivity index (χ1n) is 14.6. The van der Waals surface area contributed by atoms with Crippen LogP contribution in [-0.2, 0) is 13.0 Å². The summed E-state index contributed by atoms with van der Waals surface area (Å²) in [6.07, 6.45) is 8.68. The summed E-state index contributed by atoms with van der Waals surface area (Å²) < 4.78 is 0. The Morgan fingerprint density at radius 2 is 1.64 bits per heavy atom. The number of benzene rings is 2. The molecule has 7 rings (SSSR count). The molecule has 224 valence electrons. The van der Waals surface area contributed by atoms with Gasteiger partial charge in [-0.05, 0) is 47.9 Å². The maximum atomic E-state index is 11.2. The zero-order valence-electron chi connectivity index (χ0n) is 24.1. The summed E-state index contributed by atoms with van der Waals surface area (Å²) in [7, 11) is 0. The molecule has 1 atom stereocenters. The Morgan fingerprint density at radius 3 is 2.44 bits per heavy atom. The Bertz CT molecular complexity index is 2070. The van der Waals surface area contributed by atoms with Crippen molar-refractivity contribution in [1.29, 1.82) is 0 Å². The monoisotopic (exact) mass is 634 g/mol. The molecule has 4 aromatic heterocycles. The average molecular weight is 636 g/mol. The van der Waals surface area contributed by atoms with E-state index in [0.717, 1.165) is 75.6 Å². The second-order valence-electron chi connectivity index (χ2n) is 11.2. The number of aromatic nitrogens is 4. The number of fused-ring (bicyclic) bond motifs is 2. The van der Waals surface area contributed by atoms with Gasteiger partial charge in [-0.2, -0.15) is 0 Å². The summed E-state index contributed by atoms with van der Waals surface area (Å²) in [6.45, 7) is 2.31. The van der Waals surface area contributed by atoms with Gasteiger partial charge in [0.05, 0.1) is 33.0 Å². The number of anilines is 2. The van der Waals surface area contributed by atoms with Crippen LogP contribution in [0, 0.1) is 0 Å². The second-order valence-corrected chi connectivity index (χ2v) is 12.0. The highest BCUT2D eigenvalue weighted by atomic mass is 35.5. The fraction of sp³-hybridized carbons (Fsp3) is 0.171. The molecule has 1 saturated heterocycles. The van der Waals surface area contributed by atoms with E-state index in [2.05, 4.69) is 31.2 Å². The van der Waals surface area contributed by atoms with E-state index < -0.39 is 0 Å². The van der Waals surface area contributed by atoms with Gasteiger partial charge in [0.15, 0.2) is 12.1 Å². The van der Waals surface area contributed by atoms with Crippen LogP contribution in [0.4, 0.5) is 11.5 Å². The highest BCUT2D eigenvalue weighted by Gasteiger charge is 2.21. The van der Waals surface area contributed by atoms with Crippen LogP contribution in [0.5, 0.6) is 0 Å². The van der Waals surface area contributed by atoms with Gasteiger partial charge in [-0.1, -0.05) is 53.5 Å². The molecular formula is C35H28Cl2N6O2. The number of hydrogen-bond acceptors (Lipinski definition) is 8. The molecule has 5 heterocycles. The third-order valence-electron chi connectivity index (χ3n) is 8.12. The zero-order chi connectivity index (χ0) is 30.9. The molecule has 2 N–H and O–H groups in total. The predicted molar refractivity (Wildman–Crippen MR) is 178 cm³/mol. The normalized spacial score (nSPS) is 15.1. The highest BCUT2D eigenvalue weighted by molar-refractivity contribution is 6.38. The van der Waals surface area contributed by atoms with E-state index in [-0.39, 0.29) is 6.10 Å². The number of nitrogens with one attached hydrogen (secondary N) is 1. The number of hydrogen-bond donors (Lipinski definition) is 2. The number of rotatable bonds is 8. The minimum absolute atomic E-state index is 0.256. The number of carbonyl (C=O) groups excluding carboxylic acids is 1. The molecule has 6 aromatic rings. The van der Waals surface area contributed by atoms with Crippen LogP contribution in [0.3, 0.4) is 0 Å². The van der Waals surface area contributed by atoms with Crippen molar-refractivity contribution in [3.8, 4) is 11.1 Å². The molecule has 0 radical (unpaired) electrons. The van der Waals surface area contributed by atoms with Gasteiger partial charge in [0.25, 0.3) is 0 Å². The van der Waals surface area contributed by atoms with Crippen LogP contribution in [0.25, 0.3) is 32.9 Å². The maximum Gasteiger partial charge on any atom is 0.156 e. The number of nitrogens with zero attached hydrogens (tertiary/aromatic N) is 5. The molecule has 0 amide bonds. The lowest BCUT2D eigenvalue weighted by Crippen LogP contribution is -2.21. The van der Waals surface area contributed by atoms with Crippen molar-refractivity contribution in [2.45, 2.75) is 25.5 Å². The molecule has 0 unspecified atom stereocenters. The Hall–Kier alpha value is -4.47. The number of pyridine rings is 4. The number of likely N-dealkylation sites (tertiary alicyclic amines) is 1. The van der Waals surface area contributed by atoms with Crippen molar-refractivity contribution < 1.29 is 9.90 Å². The van der Waals surface area contributed by atoms with E-state index >= 15 is 0 Å².